The van der Waals surface area contributed by atoms with Crippen LogP contribution < -0.4 is 0 Å². The number of hydrogen-bond donors (Lipinski definition) is 0. The standard InChI is InChI=1S/C4H9F3O3SSi.C3H5N/c1-12(2,3)10-11(8,9)4(5,6)7;1-2-3-4/h1-3H3;2H2,1H3. The Labute approximate surface area is 94.3 Å². The number of nitriles is 1. The van der Waals surface area contributed by atoms with Gasteiger partial charge in [0.25, 0.3) is 0 Å². The van der Waals surface area contributed by atoms with Crippen LogP contribution in [0.2, 0.25) is 19.6 Å². The lowest BCUT2D eigenvalue weighted by atomic mass is 10.6. The molecule has 0 saturated carbocycles. The second-order valence-electron chi connectivity index (χ2n) is 3.61. The third-order valence-corrected chi connectivity index (χ3v) is 4.25. The Morgan fingerprint density at radius 3 is 1.69 bits per heavy atom. The molecule has 16 heavy (non-hydrogen) atoms. The maximum absolute atomic E-state index is 11.7. The van der Waals surface area contributed by atoms with E-state index < -0.39 is 23.9 Å². The summed E-state index contributed by atoms with van der Waals surface area (Å²) in [5, 5.41) is 7.62. The second kappa shape index (κ2) is 6.22. The maximum atomic E-state index is 11.7. The Morgan fingerprint density at radius 2 is 1.62 bits per heavy atom. The first-order valence-electron chi connectivity index (χ1n) is 4.26. The lowest BCUT2D eigenvalue weighted by Crippen LogP contribution is -2.36. The highest BCUT2D eigenvalue weighted by Crippen LogP contribution is 2.27. The fourth-order valence-corrected chi connectivity index (χ4v) is 3.39. The molecule has 9 heteroatoms. The number of hydrogen-bond acceptors (Lipinski definition) is 4. The lowest BCUT2D eigenvalue weighted by molar-refractivity contribution is -0.0503. The molecule has 0 aliphatic carbocycles. The predicted octanol–water partition coefficient (Wildman–Crippen LogP) is 2.61. The van der Waals surface area contributed by atoms with Gasteiger partial charge >= 0.3 is 15.6 Å². The number of halogens is 3. The van der Waals surface area contributed by atoms with E-state index in [4.69, 9.17) is 5.26 Å². The quantitative estimate of drug-likeness (QED) is 0.574. The Kier molecular flexibility index (Phi) is 6.91. The van der Waals surface area contributed by atoms with Crippen LogP contribution in [-0.4, -0.2) is 22.2 Å². The smallest absolute Gasteiger partial charge is 0.309 e. The summed E-state index contributed by atoms with van der Waals surface area (Å²) in [4.78, 5) is 0. The van der Waals surface area contributed by atoms with Gasteiger partial charge in [0.2, 0.25) is 8.32 Å². The van der Waals surface area contributed by atoms with E-state index in [2.05, 4.69) is 3.87 Å². The van der Waals surface area contributed by atoms with Crippen LogP contribution in [-0.2, 0) is 14.0 Å². The Balaban J connectivity index is 0. The Hall–Kier alpha value is -0.593. The zero-order valence-corrected chi connectivity index (χ0v) is 11.2. The highest BCUT2D eigenvalue weighted by atomic mass is 32.2. The molecule has 4 nitrogen and oxygen atoms in total. The number of alkyl halides is 3. The van der Waals surface area contributed by atoms with Gasteiger partial charge in [-0.1, -0.05) is 6.92 Å². The van der Waals surface area contributed by atoms with E-state index in [9.17, 15) is 21.6 Å². The number of rotatable bonds is 2. The van der Waals surface area contributed by atoms with Gasteiger partial charge in [0, 0.05) is 6.42 Å². The molecule has 0 aromatic carbocycles. The molecule has 0 radical (unpaired) electrons. The van der Waals surface area contributed by atoms with E-state index in [0.29, 0.717) is 6.42 Å². The van der Waals surface area contributed by atoms with Crippen LogP contribution in [0, 0.1) is 11.3 Å². The third kappa shape index (κ3) is 8.69. The van der Waals surface area contributed by atoms with Crippen LogP contribution in [0.1, 0.15) is 13.3 Å². The highest BCUT2D eigenvalue weighted by Gasteiger charge is 2.49. The molecular formula is C7H14F3NO3SSi. The summed E-state index contributed by atoms with van der Waals surface area (Å²) in [7, 11) is -8.10. The van der Waals surface area contributed by atoms with E-state index in [1.807, 2.05) is 13.0 Å². The largest absolute Gasteiger partial charge is 0.522 e. The highest BCUT2D eigenvalue weighted by molar-refractivity contribution is 7.88. The SMILES string of the molecule is CCC#N.C[Si](C)(C)OS(=O)(=O)C(F)(F)F. The van der Waals surface area contributed by atoms with Crippen LogP contribution in [0.5, 0.6) is 0 Å². The van der Waals surface area contributed by atoms with Crippen molar-refractivity contribution in [3.8, 4) is 6.07 Å². The average molecular weight is 277 g/mol. The van der Waals surface area contributed by atoms with E-state index in [1.54, 1.807) is 0 Å². The first-order valence-corrected chi connectivity index (χ1v) is 9.08. The van der Waals surface area contributed by atoms with E-state index >= 15 is 0 Å². The van der Waals surface area contributed by atoms with Gasteiger partial charge in [0.05, 0.1) is 6.07 Å². The molecule has 0 rings (SSSR count). The maximum Gasteiger partial charge on any atom is 0.522 e. The Morgan fingerprint density at radius 1 is 1.31 bits per heavy atom. The molecule has 0 bridgehead atoms. The van der Waals surface area contributed by atoms with Crippen molar-refractivity contribution < 1.29 is 25.5 Å². The van der Waals surface area contributed by atoms with Gasteiger partial charge in [0.15, 0.2) is 0 Å². The summed E-state index contributed by atoms with van der Waals surface area (Å²) >= 11 is 0. The Bertz CT molecular complexity index is 339. The molecule has 0 amide bonds. The molecule has 0 aromatic heterocycles. The van der Waals surface area contributed by atoms with Crippen molar-refractivity contribution in [3.05, 3.63) is 0 Å². The molecule has 0 aliphatic heterocycles. The molecule has 0 saturated heterocycles. The first kappa shape index (κ1) is 17.8. The van der Waals surface area contributed by atoms with Crippen LogP contribution in [0.4, 0.5) is 13.2 Å². The lowest BCUT2D eigenvalue weighted by Gasteiger charge is -2.17. The molecule has 0 fully saturated rings. The second-order valence-corrected chi connectivity index (χ2v) is 9.87. The van der Waals surface area contributed by atoms with Gasteiger partial charge in [-0.3, -0.25) is 0 Å². The summed E-state index contributed by atoms with van der Waals surface area (Å²) in [6.07, 6.45) is 0.625. The zero-order valence-electron chi connectivity index (χ0n) is 9.42. The van der Waals surface area contributed by atoms with E-state index in [1.165, 1.54) is 19.6 Å². The molecule has 0 spiro atoms. The van der Waals surface area contributed by atoms with Crippen molar-refractivity contribution in [2.75, 3.05) is 0 Å². The first-order chi connectivity index (χ1) is 6.87. The summed E-state index contributed by atoms with van der Waals surface area (Å²) in [5.74, 6) is 0. The fraction of sp³-hybridized carbons (Fsp3) is 0.857. The molecule has 0 heterocycles. The van der Waals surface area contributed by atoms with Gasteiger partial charge < -0.3 is 3.87 Å². The summed E-state index contributed by atoms with van der Waals surface area (Å²) in [6.45, 7) is 5.89. The van der Waals surface area contributed by atoms with Gasteiger partial charge in [0.1, 0.15) is 0 Å². The minimum Gasteiger partial charge on any atom is -0.309 e. The summed E-state index contributed by atoms with van der Waals surface area (Å²) in [6, 6.07) is 1.93. The van der Waals surface area contributed by atoms with Crippen molar-refractivity contribution in [2.45, 2.75) is 38.5 Å². The van der Waals surface area contributed by atoms with Crippen molar-refractivity contribution in [2.24, 2.45) is 0 Å². The summed E-state index contributed by atoms with van der Waals surface area (Å²) < 4.78 is 59.7. The van der Waals surface area contributed by atoms with Crippen LogP contribution in [0.25, 0.3) is 0 Å². The zero-order chi connectivity index (χ0) is 13.6. The molecule has 0 unspecified atom stereocenters. The summed E-state index contributed by atoms with van der Waals surface area (Å²) in [5.41, 5.74) is -5.31. The van der Waals surface area contributed by atoms with Crippen molar-refractivity contribution in [3.63, 3.8) is 0 Å². The molecule has 96 valence electrons. The molecular weight excluding hydrogens is 263 g/mol. The molecule has 0 aromatic rings. The topological polar surface area (TPSA) is 67.2 Å². The van der Waals surface area contributed by atoms with E-state index in [-0.39, 0.29) is 0 Å². The third-order valence-electron chi connectivity index (χ3n) is 0.801. The monoisotopic (exact) mass is 277 g/mol. The van der Waals surface area contributed by atoms with Gasteiger partial charge in [-0.15, -0.1) is 0 Å². The van der Waals surface area contributed by atoms with Crippen LogP contribution in [0.15, 0.2) is 0 Å². The average Bonchev–Trinajstić information content (AvgIpc) is 1.98. The van der Waals surface area contributed by atoms with Crippen molar-refractivity contribution in [1.29, 1.82) is 5.26 Å². The minimum absolute atomic E-state index is 0.625. The minimum atomic E-state index is -5.39. The normalized spacial score (nSPS) is 12.4. The number of nitrogens with zero attached hydrogens (tertiary/aromatic N) is 1. The van der Waals surface area contributed by atoms with Gasteiger partial charge in [-0.05, 0) is 19.6 Å². The van der Waals surface area contributed by atoms with Crippen LogP contribution in [0.3, 0.4) is 0 Å². The predicted molar refractivity (Wildman–Crippen MR) is 55.3 cm³/mol. The van der Waals surface area contributed by atoms with Crippen molar-refractivity contribution >= 4 is 18.4 Å². The van der Waals surface area contributed by atoms with Gasteiger partial charge in [-0.2, -0.15) is 26.9 Å². The van der Waals surface area contributed by atoms with Crippen molar-refractivity contribution in [1.82, 2.24) is 0 Å². The van der Waals surface area contributed by atoms with Gasteiger partial charge in [-0.25, -0.2) is 0 Å². The molecule has 0 N–H and O–H groups in total. The van der Waals surface area contributed by atoms with E-state index in [0.717, 1.165) is 0 Å². The molecule has 0 atom stereocenters. The van der Waals surface area contributed by atoms with Crippen LogP contribution >= 0.6 is 0 Å². The fourth-order valence-electron chi connectivity index (χ4n) is 0.376. The molecule has 0 aliphatic rings.